The number of methoxy groups -OCH3 is 1. The molecule has 8 heteroatoms. The van der Waals surface area contributed by atoms with E-state index in [0.29, 0.717) is 34.4 Å². The fourth-order valence-electron chi connectivity index (χ4n) is 4.46. The van der Waals surface area contributed by atoms with Crippen molar-refractivity contribution < 1.29 is 24.2 Å². The zero-order valence-electron chi connectivity index (χ0n) is 21.0. The SMILES string of the molecule is C=CCOc1cccc([C@@H]2/C(=C(\O)c3ccc(OC)cc3)C(=O)C(=O)N2c2nc3ccc(CC)cc3s2)c1. The number of amides is 1. The number of aliphatic hydroxyl groups is 1. The van der Waals surface area contributed by atoms with Gasteiger partial charge < -0.3 is 14.6 Å². The Kier molecular flexibility index (Phi) is 6.98. The number of ether oxygens (including phenoxy) is 2. The number of nitrogens with zero attached hydrogens (tertiary/aromatic N) is 2. The van der Waals surface area contributed by atoms with Crippen molar-refractivity contribution in [2.75, 3.05) is 18.6 Å². The minimum Gasteiger partial charge on any atom is -0.507 e. The number of thiazole rings is 1. The Morgan fingerprint density at radius 2 is 1.89 bits per heavy atom. The van der Waals surface area contributed by atoms with E-state index in [1.807, 2.05) is 18.2 Å². The number of ketones is 1. The summed E-state index contributed by atoms with van der Waals surface area (Å²) in [5, 5.41) is 11.7. The number of hydrogen-bond acceptors (Lipinski definition) is 7. The van der Waals surface area contributed by atoms with Crippen LogP contribution in [0.15, 0.2) is 85.0 Å². The first-order chi connectivity index (χ1) is 18.4. The lowest BCUT2D eigenvalue weighted by atomic mass is 9.95. The maximum atomic E-state index is 13.5. The third kappa shape index (κ3) is 4.54. The van der Waals surface area contributed by atoms with E-state index in [-0.39, 0.29) is 11.3 Å². The van der Waals surface area contributed by atoms with Crippen molar-refractivity contribution in [1.29, 1.82) is 0 Å². The van der Waals surface area contributed by atoms with Crippen LogP contribution in [-0.4, -0.2) is 35.5 Å². The number of benzene rings is 3. The molecule has 1 N–H and O–H groups in total. The molecule has 7 nitrogen and oxygen atoms in total. The summed E-state index contributed by atoms with van der Waals surface area (Å²) in [7, 11) is 1.54. The first-order valence-electron chi connectivity index (χ1n) is 12.1. The molecule has 1 atom stereocenters. The fourth-order valence-corrected chi connectivity index (χ4v) is 5.51. The highest BCUT2D eigenvalue weighted by Gasteiger charge is 2.48. The van der Waals surface area contributed by atoms with Gasteiger partial charge in [-0.3, -0.25) is 14.5 Å². The number of aromatic nitrogens is 1. The monoisotopic (exact) mass is 526 g/mol. The number of Topliss-reactive ketones (excluding diaryl/α,β-unsaturated/α-hetero) is 1. The normalized spacial score (nSPS) is 16.7. The highest BCUT2D eigenvalue weighted by molar-refractivity contribution is 7.22. The molecule has 1 amide bonds. The lowest BCUT2D eigenvalue weighted by Crippen LogP contribution is -2.29. The zero-order chi connectivity index (χ0) is 26.8. The van der Waals surface area contributed by atoms with Gasteiger partial charge in [-0.05, 0) is 66.1 Å². The molecule has 1 aromatic heterocycles. The first kappa shape index (κ1) is 25.2. The smallest absolute Gasteiger partial charge is 0.301 e. The van der Waals surface area contributed by atoms with Crippen molar-refractivity contribution in [1.82, 2.24) is 4.98 Å². The standard InChI is InChI=1S/C30H26N2O5S/c1-4-15-37-22-8-6-7-20(17-22)26-25(27(33)19-10-12-21(36-3)13-11-19)28(34)29(35)32(26)30-31-23-14-9-18(5-2)16-24(23)38-30/h4,6-14,16-17,26,33H,1,5,15H2,2-3H3/b27-25+/t26-/m1/s1. The van der Waals surface area contributed by atoms with Gasteiger partial charge in [0, 0.05) is 5.56 Å². The van der Waals surface area contributed by atoms with Crippen LogP contribution in [0, 0.1) is 0 Å². The molecule has 192 valence electrons. The van der Waals surface area contributed by atoms with Crippen LogP contribution >= 0.6 is 11.3 Å². The fraction of sp³-hybridized carbons (Fsp3) is 0.167. The molecule has 0 aliphatic carbocycles. The van der Waals surface area contributed by atoms with Crippen LogP contribution in [-0.2, 0) is 16.0 Å². The van der Waals surface area contributed by atoms with Gasteiger partial charge >= 0.3 is 5.91 Å². The molecule has 1 saturated heterocycles. The predicted octanol–water partition coefficient (Wildman–Crippen LogP) is 6.06. The van der Waals surface area contributed by atoms with Crippen LogP contribution in [0.5, 0.6) is 11.5 Å². The van der Waals surface area contributed by atoms with Crippen molar-refractivity contribution in [3.05, 3.63) is 102 Å². The van der Waals surface area contributed by atoms with Gasteiger partial charge in [-0.25, -0.2) is 4.98 Å². The Hall–Kier alpha value is -4.43. The molecule has 0 unspecified atom stereocenters. The van der Waals surface area contributed by atoms with Crippen LogP contribution in [0.4, 0.5) is 5.13 Å². The van der Waals surface area contributed by atoms with Crippen LogP contribution in [0.3, 0.4) is 0 Å². The highest BCUT2D eigenvalue weighted by Crippen LogP contribution is 2.45. The lowest BCUT2D eigenvalue weighted by Gasteiger charge is -2.23. The summed E-state index contributed by atoms with van der Waals surface area (Å²) < 4.78 is 11.8. The second kappa shape index (κ2) is 10.5. The maximum absolute atomic E-state index is 13.5. The first-order valence-corrected chi connectivity index (χ1v) is 12.9. The molecule has 3 aromatic carbocycles. The largest absolute Gasteiger partial charge is 0.507 e. The number of hydrogen-bond donors (Lipinski definition) is 1. The molecule has 1 aliphatic rings. The van der Waals surface area contributed by atoms with E-state index in [1.165, 1.54) is 16.2 Å². The average molecular weight is 527 g/mol. The summed E-state index contributed by atoms with van der Waals surface area (Å²) in [6.07, 6.45) is 2.50. The molecule has 5 rings (SSSR count). The second-order valence-corrected chi connectivity index (χ2v) is 9.73. The maximum Gasteiger partial charge on any atom is 0.301 e. The number of anilines is 1. The van der Waals surface area contributed by atoms with Crippen molar-refractivity contribution in [3.8, 4) is 11.5 Å². The van der Waals surface area contributed by atoms with Gasteiger partial charge in [-0.15, -0.1) is 0 Å². The Balaban J connectivity index is 1.69. The summed E-state index contributed by atoms with van der Waals surface area (Å²) >= 11 is 1.34. The Morgan fingerprint density at radius 1 is 1.11 bits per heavy atom. The molecule has 4 aromatic rings. The molecule has 1 aliphatic heterocycles. The van der Waals surface area contributed by atoms with Gasteiger partial charge in [-0.2, -0.15) is 0 Å². The minimum atomic E-state index is -0.907. The van der Waals surface area contributed by atoms with E-state index in [9.17, 15) is 14.7 Å². The van der Waals surface area contributed by atoms with E-state index >= 15 is 0 Å². The van der Waals surface area contributed by atoms with E-state index in [0.717, 1.165) is 22.2 Å². The van der Waals surface area contributed by atoms with E-state index in [1.54, 1.807) is 61.7 Å². The molecular weight excluding hydrogens is 500 g/mol. The van der Waals surface area contributed by atoms with Crippen molar-refractivity contribution in [2.24, 2.45) is 0 Å². The van der Waals surface area contributed by atoms with E-state index in [4.69, 9.17) is 14.5 Å². The van der Waals surface area contributed by atoms with Crippen molar-refractivity contribution in [3.63, 3.8) is 0 Å². The van der Waals surface area contributed by atoms with Crippen LogP contribution in [0.1, 0.15) is 29.7 Å². The Bertz CT molecular complexity index is 1570. The second-order valence-electron chi connectivity index (χ2n) is 8.72. The lowest BCUT2D eigenvalue weighted by molar-refractivity contribution is -0.132. The molecule has 0 saturated carbocycles. The Morgan fingerprint density at radius 3 is 2.61 bits per heavy atom. The van der Waals surface area contributed by atoms with E-state index < -0.39 is 17.7 Å². The topological polar surface area (TPSA) is 89.0 Å². The van der Waals surface area contributed by atoms with Gasteiger partial charge in [-0.1, -0.05) is 49.1 Å². The number of carbonyl (C=O) groups excluding carboxylic acids is 2. The van der Waals surface area contributed by atoms with Gasteiger partial charge in [0.1, 0.15) is 23.9 Å². The zero-order valence-corrected chi connectivity index (χ0v) is 21.8. The average Bonchev–Trinajstić information content (AvgIpc) is 3.49. The van der Waals surface area contributed by atoms with Crippen LogP contribution in [0.25, 0.3) is 16.0 Å². The van der Waals surface area contributed by atoms with Gasteiger partial charge in [0.05, 0.1) is 28.9 Å². The summed E-state index contributed by atoms with van der Waals surface area (Å²) in [5.41, 5.74) is 2.87. The molecule has 38 heavy (non-hydrogen) atoms. The van der Waals surface area contributed by atoms with Crippen LogP contribution in [0.2, 0.25) is 0 Å². The van der Waals surface area contributed by atoms with Gasteiger partial charge in [0.2, 0.25) is 0 Å². The van der Waals surface area contributed by atoms with Crippen molar-refractivity contribution >= 4 is 44.1 Å². The number of aryl methyl sites for hydroxylation is 1. The third-order valence-corrected chi connectivity index (χ3v) is 7.42. The molecule has 2 heterocycles. The highest BCUT2D eigenvalue weighted by atomic mass is 32.1. The van der Waals surface area contributed by atoms with Gasteiger partial charge in [0.25, 0.3) is 5.78 Å². The van der Waals surface area contributed by atoms with E-state index in [2.05, 4.69) is 13.5 Å². The van der Waals surface area contributed by atoms with Gasteiger partial charge in [0.15, 0.2) is 5.13 Å². The van der Waals surface area contributed by atoms with Crippen LogP contribution < -0.4 is 14.4 Å². The Labute approximate surface area is 224 Å². The quantitative estimate of drug-likeness (QED) is 0.130. The predicted molar refractivity (Wildman–Crippen MR) is 149 cm³/mol. The summed E-state index contributed by atoms with van der Waals surface area (Å²) in [6, 6.07) is 18.8. The number of rotatable bonds is 8. The number of carbonyl (C=O) groups is 2. The number of fused-ring (bicyclic) bond motifs is 1. The minimum absolute atomic E-state index is 0.0189. The third-order valence-electron chi connectivity index (χ3n) is 6.41. The molecule has 0 spiro atoms. The molecule has 1 fully saturated rings. The summed E-state index contributed by atoms with van der Waals surface area (Å²) in [5.74, 6) is -0.655. The summed E-state index contributed by atoms with van der Waals surface area (Å²) in [6.45, 7) is 6.05. The number of aliphatic hydroxyl groups excluding tert-OH is 1. The summed E-state index contributed by atoms with van der Waals surface area (Å²) in [4.78, 5) is 33.1. The van der Waals surface area contributed by atoms with Crippen molar-refractivity contribution in [2.45, 2.75) is 19.4 Å². The molecular formula is C30H26N2O5S. The molecule has 0 radical (unpaired) electrons. The molecule has 0 bridgehead atoms.